The van der Waals surface area contributed by atoms with Crippen LogP contribution < -0.4 is 10.1 Å². The standard InChI is InChI=1S/C15H15F3N2O/c1-19-8-10-7-11(21-2)3-4-12(10)13-9-20-6-5-14(13)15(16,17)18/h3-7,9,19H,8H2,1-2H3. The molecule has 0 unspecified atom stereocenters. The highest BCUT2D eigenvalue weighted by molar-refractivity contribution is 5.71. The van der Waals surface area contributed by atoms with Crippen molar-refractivity contribution in [2.45, 2.75) is 12.7 Å². The maximum Gasteiger partial charge on any atom is 0.417 e. The second-order valence-corrected chi connectivity index (χ2v) is 4.47. The Balaban J connectivity index is 2.61. The van der Waals surface area contributed by atoms with E-state index in [2.05, 4.69) is 10.3 Å². The lowest BCUT2D eigenvalue weighted by molar-refractivity contribution is -0.137. The molecule has 0 spiro atoms. The smallest absolute Gasteiger partial charge is 0.417 e. The van der Waals surface area contributed by atoms with Crippen LogP contribution in [0.25, 0.3) is 11.1 Å². The summed E-state index contributed by atoms with van der Waals surface area (Å²) in [4.78, 5) is 3.83. The first kappa shape index (κ1) is 15.3. The van der Waals surface area contributed by atoms with E-state index in [0.717, 1.165) is 17.8 Å². The molecule has 0 saturated carbocycles. The van der Waals surface area contributed by atoms with Crippen molar-refractivity contribution in [1.82, 2.24) is 10.3 Å². The van der Waals surface area contributed by atoms with E-state index < -0.39 is 11.7 Å². The summed E-state index contributed by atoms with van der Waals surface area (Å²) in [6.45, 7) is 0.429. The van der Waals surface area contributed by atoms with Gasteiger partial charge in [-0.05, 0) is 36.4 Å². The Morgan fingerprint density at radius 2 is 1.95 bits per heavy atom. The number of ether oxygens (including phenoxy) is 1. The Morgan fingerprint density at radius 1 is 1.19 bits per heavy atom. The summed E-state index contributed by atoms with van der Waals surface area (Å²) in [6.07, 6.45) is -2.04. The van der Waals surface area contributed by atoms with E-state index in [1.54, 1.807) is 25.2 Å². The van der Waals surface area contributed by atoms with Crippen molar-refractivity contribution in [2.24, 2.45) is 0 Å². The van der Waals surface area contributed by atoms with Crippen LogP contribution in [0.2, 0.25) is 0 Å². The summed E-state index contributed by atoms with van der Waals surface area (Å²) in [5, 5.41) is 2.95. The molecule has 6 heteroatoms. The zero-order valence-electron chi connectivity index (χ0n) is 11.7. The number of aromatic nitrogens is 1. The molecule has 21 heavy (non-hydrogen) atoms. The molecule has 3 nitrogen and oxygen atoms in total. The predicted molar refractivity (Wildman–Crippen MR) is 74.0 cm³/mol. The van der Waals surface area contributed by atoms with Crippen LogP contribution in [0.1, 0.15) is 11.1 Å². The Labute approximate surface area is 120 Å². The Morgan fingerprint density at radius 3 is 2.57 bits per heavy atom. The van der Waals surface area contributed by atoms with Crippen LogP contribution in [0.4, 0.5) is 13.2 Å². The minimum absolute atomic E-state index is 0.0675. The summed E-state index contributed by atoms with van der Waals surface area (Å²) < 4.78 is 44.5. The maximum atomic E-state index is 13.1. The predicted octanol–water partition coefficient (Wildman–Crippen LogP) is 3.50. The van der Waals surface area contributed by atoms with Gasteiger partial charge in [-0.25, -0.2) is 0 Å². The first-order chi connectivity index (χ1) is 9.97. The number of benzene rings is 1. The first-order valence-electron chi connectivity index (χ1n) is 6.30. The molecular formula is C15H15F3N2O. The third kappa shape index (κ3) is 3.33. The molecule has 0 amide bonds. The van der Waals surface area contributed by atoms with Gasteiger partial charge in [0.1, 0.15) is 5.75 Å². The van der Waals surface area contributed by atoms with Gasteiger partial charge in [0.15, 0.2) is 0 Å². The Bertz CT molecular complexity index is 627. The second kappa shape index (κ2) is 6.13. The molecule has 1 aromatic heterocycles. The van der Waals surface area contributed by atoms with E-state index in [9.17, 15) is 13.2 Å². The maximum absolute atomic E-state index is 13.1. The van der Waals surface area contributed by atoms with E-state index in [-0.39, 0.29) is 5.56 Å². The van der Waals surface area contributed by atoms with Crippen LogP contribution in [0.3, 0.4) is 0 Å². The van der Waals surface area contributed by atoms with Gasteiger partial charge in [-0.15, -0.1) is 0 Å². The topological polar surface area (TPSA) is 34.1 Å². The van der Waals surface area contributed by atoms with Crippen LogP contribution in [-0.2, 0) is 12.7 Å². The van der Waals surface area contributed by atoms with Gasteiger partial charge >= 0.3 is 6.18 Å². The fraction of sp³-hybridized carbons (Fsp3) is 0.267. The van der Waals surface area contributed by atoms with Crippen molar-refractivity contribution in [3.8, 4) is 16.9 Å². The molecule has 112 valence electrons. The number of nitrogens with zero attached hydrogens (tertiary/aromatic N) is 1. The SMILES string of the molecule is CNCc1cc(OC)ccc1-c1cnccc1C(F)(F)F. The first-order valence-corrected chi connectivity index (χ1v) is 6.30. The highest BCUT2D eigenvalue weighted by Gasteiger charge is 2.34. The van der Waals surface area contributed by atoms with E-state index in [0.29, 0.717) is 17.9 Å². The van der Waals surface area contributed by atoms with Gasteiger partial charge in [0, 0.05) is 24.5 Å². The quantitative estimate of drug-likeness (QED) is 0.937. The van der Waals surface area contributed by atoms with Crippen LogP contribution in [0.5, 0.6) is 5.75 Å². The lowest BCUT2D eigenvalue weighted by Gasteiger charge is -2.16. The monoisotopic (exact) mass is 296 g/mol. The molecule has 0 atom stereocenters. The highest BCUT2D eigenvalue weighted by atomic mass is 19.4. The van der Waals surface area contributed by atoms with E-state index >= 15 is 0 Å². The number of pyridine rings is 1. The zero-order chi connectivity index (χ0) is 15.5. The highest BCUT2D eigenvalue weighted by Crippen LogP contribution is 2.38. The van der Waals surface area contributed by atoms with Crippen molar-refractivity contribution < 1.29 is 17.9 Å². The number of hydrogen-bond donors (Lipinski definition) is 1. The third-order valence-corrected chi connectivity index (χ3v) is 3.10. The van der Waals surface area contributed by atoms with Crippen LogP contribution in [0.15, 0.2) is 36.7 Å². The van der Waals surface area contributed by atoms with Crippen molar-refractivity contribution in [2.75, 3.05) is 14.2 Å². The summed E-state index contributed by atoms with van der Waals surface area (Å²) >= 11 is 0. The van der Waals surface area contributed by atoms with E-state index in [1.165, 1.54) is 13.3 Å². The molecule has 0 bridgehead atoms. The summed E-state index contributed by atoms with van der Waals surface area (Å²) in [6, 6.07) is 5.97. The molecule has 0 aliphatic carbocycles. The molecule has 0 aliphatic rings. The van der Waals surface area contributed by atoms with Crippen LogP contribution in [-0.4, -0.2) is 19.1 Å². The Hall–Kier alpha value is -2.08. The Kier molecular flexibility index (Phi) is 4.47. The molecule has 0 aliphatic heterocycles. The molecule has 0 radical (unpaired) electrons. The number of nitrogens with one attached hydrogen (secondary N) is 1. The average molecular weight is 296 g/mol. The number of alkyl halides is 3. The minimum atomic E-state index is -4.42. The van der Waals surface area contributed by atoms with Gasteiger partial charge in [-0.3, -0.25) is 4.98 Å². The molecule has 0 fully saturated rings. The molecule has 1 N–H and O–H groups in total. The van der Waals surface area contributed by atoms with Gasteiger partial charge in [0.25, 0.3) is 0 Å². The van der Waals surface area contributed by atoms with E-state index in [1.807, 2.05) is 0 Å². The van der Waals surface area contributed by atoms with Gasteiger partial charge in [-0.1, -0.05) is 6.07 Å². The minimum Gasteiger partial charge on any atom is -0.497 e. The van der Waals surface area contributed by atoms with Crippen molar-refractivity contribution >= 4 is 0 Å². The fourth-order valence-electron chi connectivity index (χ4n) is 2.15. The summed E-state index contributed by atoms with van der Waals surface area (Å²) in [7, 11) is 3.25. The van der Waals surface area contributed by atoms with E-state index in [4.69, 9.17) is 4.74 Å². The lowest BCUT2D eigenvalue weighted by atomic mass is 9.96. The largest absolute Gasteiger partial charge is 0.497 e. The molecule has 0 saturated heterocycles. The lowest BCUT2D eigenvalue weighted by Crippen LogP contribution is -2.10. The summed E-state index contributed by atoms with van der Waals surface area (Å²) in [5.41, 5.74) is 0.582. The van der Waals surface area contributed by atoms with Gasteiger partial charge in [-0.2, -0.15) is 13.2 Å². The number of rotatable bonds is 4. The van der Waals surface area contributed by atoms with Gasteiger partial charge in [0.05, 0.1) is 12.7 Å². The molecule has 2 aromatic rings. The molecular weight excluding hydrogens is 281 g/mol. The van der Waals surface area contributed by atoms with Gasteiger partial charge in [0.2, 0.25) is 0 Å². The van der Waals surface area contributed by atoms with Crippen molar-refractivity contribution in [3.63, 3.8) is 0 Å². The van der Waals surface area contributed by atoms with Crippen LogP contribution >= 0.6 is 0 Å². The summed E-state index contributed by atoms with van der Waals surface area (Å²) in [5.74, 6) is 0.599. The fourth-order valence-corrected chi connectivity index (χ4v) is 2.15. The third-order valence-electron chi connectivity index (χ3n) is 3.10. The number of hydrogen-bond acceptors (Lipinski definition) is 3. The molecule has 1 aromatic carbocycles. The normalized spacial score (nSPS) is 11.5. The van der Waals surface area contributed by atoms with Crippen LogP contribution in [0, 0.1) is 0 Å². The number of halogens is 3. The van der Waals surface area contributed by atoms with Gasteiger partial charge < -0.3 is 10.1 Å². The molecule has 1 heterocycles. The second-order valence-electron chi connectivity index (χ2n) is 4.47. The zero-order valence-corrected chi connectivity index (χ0v) is 11.7. The number of methoxy groups -OCH3 is 1. The van der Waals surface area contributed by atoms with Crippen molar-refractivity contribution in [1.29, 1.82) is 0 Å². The van der Waals surface area contributed by atoms with Crippen molar-refractivity contribution in [3.05, 3.63) is 47.8 Å². The average Bonchev–Trinajstić information content (AvgIpc) is 2.46. The molecule has 2 rings (SSSR count).